The molecule has 1 saturated heterocycles. The average molecular weight is 316 g/mol. The van der Waals surface area contributed by atoms with Crippen LogP contribution in [0.3, 0.4) is 0 Å². The summed E-state index contributed by atoms with van der Waals surface area (Å²) in [5.41, 5.74) is 4.13. The van der Waals surface area contributed by atoms with Gasteiger partial charge in [-0.25, -0.2) is 9.78 Å². The molecule has 0 spiro atoms. The first kappa shape index (κ1) is 16.1. The van der Waals surface area contributed by atoms with Crippen molar-refractivity contribution in [1.82, 2.24) is 9.88 Å². The van der Waals surface area contributed by atoms with Gasteiger partial charge in [-0.2, -0.15) is 13.2 Å². The Bertz CT molecular complexity index is 577. The number of rotatable bonds is 2. The van der Waals surface area contributed by atoms with E-state index in [2.05, 4.69) is 10.3 Å². The molecule has 1 atom stereocenters. The van der Waals surface area contributed by atoms with Crippen molar-refractivity contribution < 1.29 is 22.8 Å². The van der Waals surface area contributed by atoms with Crippen molar-refractivity contribution in [2.45, 2.75) is 19.0 Å². The number of alkyl halides is 3. The molecule has 0 saturated carbocycles. The molecule has 1 aliphatic rings. The highest BCUT2D eigenvalue weighted by Crippen LogP contribution is 2.28. The van der Waals surface area contributed by atoms with Crippen LogP contribution in [0.4, 0.5) is 23.8 Å². The van der Waals surface area contributed by atoms with Crippen LogP contribution in [0.1, 0.15) is 18.5 Å². The van der Waals surface area contributed by atoms with Gasteiger partial charge < -0.3 is 10.6 Å². The van der Waals surface area contributed by atoms with Crippen LogP contribution in [0.5, 0.6) is 0 Å². The summed E-state index contributed by atoms with van der Waals surface area (Å²) in [7, 11) is 0. The Morgan fingerprint density at radius 2 is 2.09 bits per heavy atom. The third-order valence-corrected chi connectivity index (χ3v) is 3.39. The number of halogens is 3. The number of aromatic nitrogens is 1. The third kappa shape index (κ3) is 3.86. The summed E-state index contributed by atoms with van der Waals surface area (Å²) in [6, 6.07) is 2.65. The molecule has 22 heavy (non-hydrogen) atoms. The highest BCUT2D eigenvalue weighted by Gasteiger charge is 2.33. The summed E-state index contributed by atoms with van der Waals surface area (Å²) in [5.74, 6) is -1.12. The van der Waals surface area contributed by atoms with Crippen LogP contribution >= 0.6 is 0 Å². The van der Waals surface area contributed by atoms with Gasteiger partial charge >= 0.3 is 12.2 Å². The number of urea groups is 1. The van der Waals surface area contributed by atoms with Gasteiger partial charge in [0.25, 0.3) is 0 Å². The molecule has 1 aliphatic heterocycles. The molecule has 2 heterocycles. The van der Waals surface area contributed by atoms with E-state index >= 15 is 0 Å². The van der Waals surface area contributed by atoms with Gasteiger partial charge in [0.2, 0.25) is 5.91 Å². The highest BCUT2D eigenvalue weighted by atomic mass is 19.4. The molecule has 120 valence electrons. The molecule has 0 radical (unpaired) electrons. The molecule has 1 aromatic rings. The predicted molar refractivity (Wildman–Crippen MR) is 71.7 cm³/mol. The number of pyridine rings is 1. The van der Waals surface area contributed by atoms with Gasteiger partial charge in [-0.05, 0) is 25.0 Å². The Labute approximate surface area is 124 Å². The Balaban J connectivity index is 2.04. The van der Waals surface area contributed by atoms with Crippen LogP contribution in [-0.2, 0) is 11.0 Å². The van der Waals surface area contributed by atoms with Crippen molar-refractivity contribution in [1.29, 1.82) is 0 Å². The van der Waals surface area contributed by atoms with E-state index in [1.165, 1.54) is 11.0 Å². The molecule has 0 aromatic carbocycles. The highest BCUT2D eigenvalue weighted by molar-refractivity contribution is 5.89. The molecule has 6 nitrogen and oxygen atoms in total. The van der Waals surface area contributed by atoms with Gasteiger partial charge in [0.1, 0.15) is 11.5 Å². The number of nitrogens with zero attached hydrogens (tertiary/aromatic N) is 2. The molecule has 3 N–H and O–H groups in total. The van der Waals surface area contributed by atoms with Crippen molar-refractivity contribution >= 4 is 17.8 Å². The van der Waals surface area contributed by atoms with E-state index in [0.29, 0.717) is 19.4 Å². The normalized spacial score (nSPS) is 18.9. The Morgan fingerprint density at radius 3 is 2.73 bits per heavy atom. The predicted octanol–water partition coefficient (Wildman–Crippen LogP) is 1.83. The maximum absolute atomic E-state index is 12.6. The van der Waals surface area contributed by atoms with Crippen molar-refractivity contribution in [3.05, 3.63) is 23.9 Å². The maximum Gasteiger partial charge on any atom is 0.433 e. The van der Waals surface area contributed by atoms with E-state index in [1.54, 1.807) is 0 Å². The zero-order valence-corrected chi connectivity index (χ0v) is 11.6. The number of nitrogens with two attached hydrogens (primary N) is 1. The quantitative estimate of drug-likeness (QED) is 0.872. The molecule has 9 heteroatoms. The number of primary amides is 1. The van der Waals surface area contributed by atoms with Crippen LogP contribution in [0.2, 0.25) is 0 Å². The van der Waals surface area contributed by atoms with E-state index in [9.17, 15) is 22.8 Å². The van der Waals surface area contributed by atoms with Gasteiger partial charge in [-0.15, -0.1) is 0 Å². The number of nitrogens with one attached hydrogen (secondary N) is 1. The molecule has 3 amide bonds. The van der Waals surface area contributed by atoms with Crippen LogP contribution in [0.15, 0.2) is 18.2 Å². The molecule has 1 aromatic heterocycles. The third-order valence-electron chi connectivity index (χ3n) is 3.39. The molecule has 2 rings (SSSR count). The van der Waals surface area contributed by atoms with E-state index in [-0.39, 0.29) is 12.4 Å². The van der Waals surface area contributed by atoms with Crippen LogP contribution < -0.4 is 11.1 Å². The zero-order chi connectivity index (χ0) is 16.3. The second-order valence-electron chi connectivity index (χ2n) is 5.02. The van der Waals surface area contributed by atoms with E-state index in [4.69, 9.17) is 5.73 Å². The summed E-state index contributed by atoms with van der Waals surface area (Å²) >= 11 is 0. The topological polar surface area (TPSA) is 88.3 Å². The summed E-state index contributed by atoms with van der Waals surface area (Å²) < 4.78 is 37.7. The number of amides is 3. The van der Waals surface area contributed by atoms with Crippen molar-refractivity contribution in [2.24, 2.45) is 11.7 Å². The van der Waals surface area contributed by atoms with Crippen LogP contribution in [0, 0.1) is 5.92 Å². The average Bonchev–Trinajstić information content (AvgIpc) is 2.46. The fourth-order valence-corrected chi connectivity index (χ4v) is 2.24. The Morgan fingerprint density at radius 1 is 1.36 bits per heavy atom. The number of hydrogen-bond donors (Lipinski definition) is 2. The molecular formula is C13H15F3N4O2. The lowest BCUT2D eigenvalue weighted by atomic mass is 9.98. The minimum Gasteiger partial charge on any atom is -0.369 e. The molecule has 0 bridgehead atoms. The number of carbonyl (C=O) groups excluding carboxylic acids is 2. The summed E-state index contributed by atoms with van der Waals surface area (Å²) in [4.78, 5) is 27.9. The van der Waals surface area contributed by atoms with Gasteiger partial charge in [0.05, 0.1) is 5.92 Å². The van der Waals surface area contributed by atoms with E-state index < -0.39 is 29.7 Å². The smallest absolute Gasteiger partial charge is 0.369 e. The number of carbonyl (C=O) groups is 2. The number of piperidine rings is 1. The fraction of sp³-hybridized carbons (Fsp3) is 0.462. The molecular weight excluding hydrogens is 301 g/mol. The standard InChI is InChI=1S/C13H15F3N4O2/c14-13(15,16)9-4-1-5-10(18-9)19-12(22)20-6-2-3-8(7-20)11(17)21/h1,4-5,8H,2-3,6-7H2,(H2,17,21)(H,18,19,22)/t8-/m1/s1. The maximum atomic E-state index is 12.6. The van der Waals surface area contributed by atoms with E-state index in [0.717, 1.165) is 12.1 Å². The van der Waals surface area contributed by atoms with Gasteiger partial charge in [-0.3, -0.25) is 10.1 Å². The molecule has 0 aliphatic carbocycles. The lowest BCUT2D eigenvalue weighted by Gasteiger charge is -2.31. The van der Waals surface area contributed by atoms with Crippen molar-refractivity contribution in [2.75, 3.05) is 18.4 Å². The minimum absolute atomic E-state index is 0.153. The lowest BCUT2D eigenvalue weighted by molar-refractivity contribution is -0.141. The number of anilines is 1. The SMILES string of the molecule is NC(=O)[C@@H]1CCCN(C(=O)Nc2cccc(C(F)(F)F)n2)C1. The molecule has 1 fully saturated rings. The van der Waals surface area contributed by atoms with Crippen molar-refractivity contribution in [3.63, 3.8) is 0 Å². The van der Waals surface area contributed by atoms with Gasteiger partial charge in [-0.1, -0.05) is 6.07 Å². The first-order valence-electron chi connectivity index (χ1n) is 6.67. The fourth-order valence-electron chi connectivity index (χ4n) is 2.24. The molecule has 0 unspecified atom stereocenters. The monoisotopic (exact) mass is 316 g/mol. The van der Waals surface area contributed by atoms with E-state index in [1.807, 2.05) is 0 Å². The van der Waals surface area contributed by atoms with Crippen LogP contribution in [-0.4, -0.2) is 34.9 Å². The van der Waals surface area contributed by atoms with Gasteiger partial charge in [0.15, 0.2) is 0 Å². The largest absolute Gasteiger partial charge is 0.433 e. The first-order chi connectivity index (χ1) is 10.3. The first-order valence-corrected chi connectivity index (χ1v) is 6.67. The Kier molecular flexibility index (Phi) is 4.53. The summed E-state index contributed by atoms with van der Waals surface area (Å²) in [6.07, 6.45) is -3.37. The van der Waals surface area contributed by atoms with Crippen LogP contribution in [0.25, 0.3) is 0 Å². The summed E-state index contributed by atoms with van der Waals surface area (Å²) in [5, 5.41) is 2.31. The van der Waals surface area contributed by atoms with Crippen molar-refractivity contribution in [3.8, 4) is 0 Å². The Hall–Kier alpha value is -2.32. The lowest BCUT2D eigenvalue weighted by Crippen LogP contribution is -2.45. The number of likely N-dealkylation sites (tertiary alicyclic amines) is 1. The van der Waals surface area contributed by atoms with Gasteiger partial charge in [0, 0.05) is 13.1 Å². The second kappa shape index (κ2) is 6.20. The summed E-state index contributed by atoms with van der Waals surface area (Å²) in [6.45, 7) is 0.564. The number of hydrogen-bond acceptors (Lipinski definition) is 3. The second-order valence-corrected chi connectivity index (χ2v) is 5.02. The zero-order valence-electron chi connectivity index (χ0n) is 11.6. The minimum atomic E-state index is -4.58.